The lowest BCUT2D eigenvalue weighted by atomic mass is 10.3. The van der Waals surface area contributed by atoms with Gasteiger partial charge in [-0.2, -0.15) is 11.8 Å². The first-order chi connectivity index (χ1) is 4.93. The minimum absolute atomic E-state index is 0.858. The number of thioether (sulfide) groups is 1. The Bertz CT molecular complexity index is 81.3. The van der Waals surface area contributed by atoms with Crippen LogP contribution in [-0.4, -0.2) is 18.1 Å². The Morgan fingerprint density at radius 3 is 2.70 bits per heavy atom. The van der Waals surface area contributed by atoms with E-state index in [0.29, 0.717) is 0 Å². The number of hydrogen-bond acceptors (Lipinski definition) is 2. The summed E-state index contributed by atoms with van der Waals surface area (Å²) in [7, 11) is 0. The van der Waals surface area contributed by atoms with Crippen LogP contribution >= 0.6 is 11.8 Å². The quantitative estimate of drug-likeness (QED) is 0.599. The maximum absolute atomic E-state index is 5.37. The van der Waals surface area contributed by atoms with E-state index in [4.69, 9.17) is 5.73 Å². The summed E-state index contributed by atoms with van der Waals surface area (Å²) in [6, 6.07) is 0. The maximum Gasteiger partial charge on any atom is -0.00555 e. The third kappa shape index (κ3) is 4.18. The fourth-order valence-electron chi connectivity index (χ4n) is 0.944. The van der Waals surface area contributed by atoms with Crippen LogP contribution in [0.15, 0.2) is 0 Å². The molecule has 0 heterocycles. The van der Waals surface area contributed by atoms with E-state index in [1.54, 1.807) is 0 Å². The topological polar surface area (TPSA) is 26.0 Å². The molecule has 10 heavy (non-hydrogen) atoms. The van der Waals surface area contributed by atoms with Gasteiger partial charge < -0.3 is 5.73 Å². The molecule has 0 amide bonds. The van der Waals surface area contributed by atoms with E-state index in [1.165, 1.54) is 37.2 Å². The van der Waals surface area contributed by atoms with Crippen molar-refractivity contribution >= 4 is 11.8 Å². The molecular weight excluding hydrogens is 142 g/mol. The molecule has 0 atom stereocenters. The average molecular weight is 159 g/mol. The Hall–Kier alpha value is 0.310. The first-order valence-electron chi connectivity index (χ1n) is 4.21. The van der Waals surface area contributed by atoms with Gasteiger partial charge in [-0.05, 0) is 36.8 Å². The van der Waals surface area contributed by atoms with Crippen LogP contribution in [-0.2, 0) is 0 Å². The smallest absolute Gasteiger partial charge is 0.00555 e. The molecule has 1 rings (SSSR count). The lowest BCUT2D eigenvalue weighted by Gasteiger charge is -1.97. The maximum atomic E-state index is 5.37. The second-order valence-electron chi connectivity index (χ2n) is 2.99. The lowest BCUT2D eigenvalue weighted by molar-refractivity contribution is 0.807. The Morgan fingerprint density at radius 2 is 2.10 bits per heavy atom. The van der Waals surface area contributed by atoms with Gasteiger partial charge in [0.2, 0.25) is 0 Å². The highest BCUT2D eigenvalue weighted by atomic mass is 32.2. The molecule has 1 fully saturated rings. The molecule has 0 radical (unpaired) electrons. The van der Waals surface area contributed by atoms with E-state index in [0.717, 1.165) is 12.5 Å². The highest BCUT2D eigenvalue weighted by Gasteiger charge is 2.19. The fourth-order valence-corrected chi connectivity index (χ4v) is 2.02. The zero-order valence-electron chi connectivity index (χ0n) is 6.51. The van der Waals surface area contributed by atoms with Gasteiger partial charge in [0.25, 0.3) is 0 Å². The van der Waals surface area contributed by atoms with Gasteiger partial charge in [-0.15, -0.1) is 0 Å². The molecule has 0 aromatic carbocycles. The molecule has 2 N–H and O–H groups in total. The summed E-state index contributed by atoms with van der Waals surface area (Å²) in [5, 5.41) is 0. The van der Waals surface area contributed by atoms with Gasteiger partial charge in [0.05, 0.1) is 0 Å². The molecule has 60 valence electrons. The Kier molecular flexibility index (Phi) is 4.23. The summed E-state index contributed by atoms with van der Waals surface area (Å²) >= 11 is 2.07. The van der Waals surface area contributed by atoms with Crippen molar-refractivity contribution in [1.82, 2.24) is 0 Å². The molecule has 2 heteroatoms. The first-order valence-corrected chi connectivity index (χ1v) is 5.37. The van der Waals surface area contributed by atoms with E-state index in [9.17, 15) is 0 Å². The molecule has 0 aliphatic heterocycles. The van der Waals surface area contributed by atoms with Crippen molar-refractivity contribution in [2.45, 2.75) is 25.7 Å². The first kappa shape index (κ1) is 8.41. The summed E-state index contributed by atoms with van der Waals surface area (Å²) in [6.45, 7) is 0.858. The van der Waals surface area contributed by atoms with E-state index >= 15 is 0 Å². The normalized spacial score (nSPS) is 17.7. The van der Waals surface area contributed by atoms with Crippen LogP contribution in [0.5, 0.6) is 0 Å². The van der Waals surface area contributed by atoms with Crippen molar-refractivity contribution in [1.29, 1.82) is 0 Å². The zero-order chi connectivity index (χ0) is 7.23. The third-order valence-electron chi connectivity index (χ3n) is 1.86. The van der Waals surface area contributed by atoms with E-state index in [-0.39, 0.29) is 0 Å². The van der Waals surface area contributed by atoms with Crippen molar-refractivity contribution in [3.05, 3.63) is 0 Å². The summed E-state index contributed by atoms with van der Waals surface area (Å²) in [5.74, 6) is 3.74. The van der Waals surface area contributed by atoms with E-state index in [2.05, 4.69) is 11.8 Å². The van der Waals surface area contributed by atoms with Gasteiger partial charge in [0, 0.05) is 0 Å². The standard InChI is InChI=1S/C8H17NS/c9-5-1-6-10-7-4-8-2-3-8/h8H,1-7,9H2. The fraction of sp³-hybridized carbons (Fsp3) is 1.00. The Morgan fingerprint density at radius 1 is 1.30 bits per heavy atom. The van der Waals surface area contributed by atoms with Gasteiger partial charge in [0.15, 0.2) is 0 Å². The van der Waals surface area contributed by atoms with E-state index < -0.39 is 0 Å². The minimum atomic E-state index is 0.858. The molecule has 0 aromatic rings. The monoisotopic (exact) mass is 159 g/mol. The largest absolute Gasteiger partial charge is 0.330 e. The molecule has 0 bridgehead atoms. The predicted octanol–water partition coefficient (Wildman–Crippen LogP) is 1.87. The number of rotatable bonds is 6. The third-order valence-corrected chi connectivity index (χ3v) is 2.96. The predicted molar refractivity (Wildman–Crippen MR) is 48.3 cm³/mol. The number of nitrogens with two attached hydrogens (primary N) is 1. The van der Waals surface area contributed by atoms with Crippen LogP contribution in [0.1, 0.15) is 25.7 Å². The van der Waals surface area contributed by atoms with Gasteiger partial charge in [-0.3, -0.25) is 0 Å². The molecular formula is C8H17NS. The van der Waals surface area contributed by atoms with Gasteiger partial charge >= 0.3 is 0 Å². The highest BCUT2D eigenvalue weighted by Crippen LogP contribution is 2.33. The van der Waals surface area contributed by atoms with Crippen molar-refractivity contribution in [2.24, 2.45) is 11.7 Å². The summed E-state index contributed by atoms with van der Waals surface area (Å²) < 4.78 is 0. The molecule has 1 aliphatic rings. The van der Waals surface area contributed by atoms with Crippen molar-refractivity contribution in [2.75, 3.05) is 18.1 Å². The van der Waals surface area contributed by atoms with Crippen LogP contribution in [0.4, 0.5) is 0 Å². The Labute approximate surface area is 67.8 Å². The van der Waals surface area contributed by atoms with Gasteiger partial charge in [-0.1, -0.05) is 12.8 Å². The van der Waals surface area contributed by atoms with Gasteiger partial charge in [0.1, 0.15) is 0 Å². The summed E-state index contributed by atoms with van der Waals surface area (Å²) in [4.78, 5) is 0. The van der Waals surface area contributed by atoms with Crippen LogP contribution in [0.25, 0.3) is 0 Å². The SMILES string of the molecule is NCCCSCCC1CC1. The molecule has 1 saturated carbocycles. The average Bonchev–Trinajstić information content (AvgIpc) is 2.71. The molecule has 0 spiro atoms. The minimum Gasteiger partial charge on any atom is -0.330 e. The second kappa shape index (κ2) is 5.03. The van der Waals surface area contributed by atoms with E-state index in [1.807, 2.05) is 0 Å². The molecule has 0 saturated heterocycles. The molecule has 0 aromatic heterocycles. The lowest BCUT2D eigenvalue weighted by Crippen LogP contribution is -1.99. The summed E-state index contributed by atoms with van der Waals surface area (Å²) in [5.41, 5.74) is 5.37. The summed E-state index contributed by atoms with van der Waals surface area (Å²) in [6.07, 6.45) is 5.64. The van der Waals surface area contributed by atoms with Crippen LogP contribution in [0.3, 0.4) is 0 Å². The highest BCUT2D eigenvalue weighted by molar-refractivity contribution is 7.99. The van der Waals surface area contributed by atoms with Crippen molar-refractivity contribution in [3.8, 4) is 0 Å². The van der Waals surface area contributed by atoms with Crippen molar-refractivity contribution < 1.29 is 0 Å². The van der Waals surface area contributed by atoms with Gasteiger partial charge in [-0.25, -0.2) is 0 Å². The molecule has 1 aliphatic carbocycles. The molecule has 0 unspecified atom stereocenters. The second-order valence-corrected chi connectivity index (χ2v) is 4.21. The Balaban J connectivity index is 1.68. The number of hydrogen-bond donors (Lipinski definition) is 1. The zero-order valence-corrected chi connectivity index (χ0v) is 7.33. The molecule has 1 nitrogen and oxygen atoms in total. The van der Waals surface area contributed by atoms with Crippen LogP contribution in [0.2, 0.25) is 0 Å². The van der Waals surface area contributed by atoms with Crippen molar-refractivity contribution in [3.63, 3.8) is 0 Å². The van der Waals surface area contributed by atoms with Crippen LogP contribution < -0.4 is 5.73 Å². The van der Waals surface area contributed by atoms with Crippen LogP contribution in [0, 0.1) is 5.92 Å².